The van der Waals surface area contributed by atoms with E-state index in [4.69, 9.17) is 19.9 Å². The van der Waals surface area contributed by atoms with Gasteiger partial charge in [-0.2, -0.15) is 0 Å². The van der Waals surface area contributed by atoms with E-state index >= 15 is 4.39 Å². The van der Waals surface area contributed by atoms with E-state index in [1.807, 2.05) is 0 Å². The van der Waals surface area contributed by atoms with Gasteiger partial charge in [-0.25, -0.2) is 14.2 Å². The number of hydrogen-bond donors (Lipinski definition) is 3. The number of hydrogen-bond acceptors (Lipinski definition) is 8. The summed E-state index contributed by atoms with van der Waals surface area (Å²) in [5, 5.41) is 5.80. The summed E-state index contributed by atoms with van der Waals surface area (Å²) in [6.07, 6.45) is 3.30. The number of halogens is 1. The Morgan fingerprint density at radius 1 is 1.44 bits per heavy atom. The van der Waals surface area contributed by atoms with Gasteiger partial charge in [0.1, 0.15) is 5.75 Å². The molecule has 0 spiro atoms. The average molecular weight is 469 g/mol. The number of amides is 1. The lowest BCUT2D eigenvalue weighted by molar-refractivity contribution is 0.0751. The van der Waals surface area contributed by atoms with Gasteiger partial charge in [-0.1, -0.05) is 0 Å². The summed E-state index contributed by atoms with van der Waals surface area (Å²) in [5.41, 5.74) is 8.25. The van der Waals surface area contributed by atoms with Gasteiger partial charge in [0, 0.05) is 60.3 Å². The van der Waals surface area contributed by atoms with Crippen molar-refractivity contribution in [3.05, 3.63) is 47.5 Å². The van der Waals surface area contributed by atoms with Crippen LogP contribution in [-0.2, 0) is 16.0 Å². The third-order valence-electron chi connectivity index (χ3n) is 5.92. The fourth-order valence-electron chi connectivity index (χ4n) is 4.22. The van der Waals surface area contributed by atoms with Crippen LogP contribution < -0.4 is 21.1 Å². The van der Waals surface area contributed by atoms with Gasteiger partial charge in [-0.05, 0) is 25.5 Å². The number of fused-ring (bicyclic) bond motifs is 2. The van der Waals surface area contributed by atoms with E-state index in [0.717, 1.165) is 0 Å². The maximum absolute atomic E-state index is 15.3. The molecule has 1 saturated heterocycles. The first-order valence-electron chi connectivity index (χ1n) is 11.0. The lowest BCUT2D eigenvalue weighted by Crippen LogP contribution is -2.48. The standard InChI is InChI=1S/C23H24FN5O5/c1-2-33-23(31)34-14-3-5-29-10-12(7-13(29)8-14)20-18-15(9-26-22(18)30)19(24)21(28-20)27-17-4-6-32-11-16(17)25/h3,5,7-8,10,16-17H,2,4,6,9,11,25H2,1H3,(H,26,30)(H,27,28)/t16-,17+/m0/s1. The molecule has 0 radical (unpaired) electrons. The second-order valence-electron chi connectivity index (χ2n) is 8.15. The molecule has 2 atom stereocenters. The van der Waals surface area contributed by atoms with Gasteiger partial charge in [0.25, 0.3) is 5.91 Å². The third kappa shape index (κ3) is 4.03. The molecule has 4 N–H and O–H groups in total. The van der Waals surface area contributed by atoms with Crippen LogP contribution in [0.5, 0.6) is 5.75 Å². The van der Waals surface area contributed by atoms with Crippen LogP contribution in [0.25, 0.3) is 16.8 Å². The first-order chi connectivity index (χ1) is 16.4. The summed E-state index contributed by atoms with van der Waals surface area (Å²) in [6, 6.07) is 4.55. The van der Waals surface area contributed by atoms with Gasteiger partial charge < -0.3 is 35.0 Å². The lowest BCUT2D eigenvalue weighted by Gasteiger charge is -2.30. The number of aromatic nitrogens is 2. The minimum atomic E-state index is -0.796. The molecule has 10 nitrogen and oxygen atoms in total. The summed E-state index contributed by atoms with van der Waals surface area (Å²) >= 11 is 0. The van der Waals surface area contributed by atoms with E-state index in [2.05, 4.69) is 15.6 Å². The molecule has 5 rings (SSSR count). The number of carbonyl (C=O) groups excluding carboxylic acids is 2. The van der Waals surface area contributed by atoms with E-state index in [9.17, 15) is 9.59 Å². The zero-order valence-corrected chi connectivity index (χ0v) is 18.5. The topological polar surface area (TPSA) is 129 Å². The Kier molecular flexibility index (Phi) is 5.80. The molecular formula is C23H24FN5O5. The van der Waals surface area contributed by atoms with Gasteiger partial charge in [0.15, 0.2) is 11.6 Å². The lowest BCUT2D eigenvalue weighted by atomic mass is 10.0. The average Bonchev–Trinajstić information content (AvgIpc) is 3.41. The van der Waals surface area contributed by atoms with E-state index in [1.54, 1.807) is 41.9 Å². The van der Waals surface area contributed by atoms with Crippen molar-refractivity contribution in [2.45, 2.75) is 32.0 Å². The predicted molar refractivity (Wildman–Crippen MR) is 120 cm³/mol. The second-order valence-corrected chi connectivity index (χ2v) is 8.15. The summed E-state index contributed by atoms with van der Waals surface area (Å²) in [6.45, 7) is 2.86. The summed E-state index contributed by atoms with van der Waals surface area (Å²) in [5.74, 6) is -0.590. The minimum absolute atomic E-state index is 0.0502. The maximum atomic E-state index is 15.3. The molecule has 1 fully saturated rings. The summed E-state index contributed by atoms with van der Waals surface area (Å²) in [7, 11) is 0. The largest absolute Gasteiger partial charge is 0.513 e. The predicted octanol–water partition coefficient (Wildman–Crippen LogP) is 2.45. The smallest absolute Gasteiger partial charge is 0.434 e. The molecule has 0 saturated carbocycles. The van der Waals surface area contributed by atoms with Crippen molar-refractivity contribution in [1.82, 2.24) is 14.7 Å². The van der Waals surface area contributed by atoms with Gasteiger partial charge in [-0.15, -0.1) is 0 Å². The SMILES string of the molecule is CCOC(=O)Oc1ccn2cc(-c3nc(N[C@@H]4CCOC[C@@H]4N)c(F)c4c3C(=O)NC4)cc2c1. The molecule has 34 heavy (non-hydrogen) atoms. The van der Waals surface area contributed by atoms with Crippen LogP contribution in [0.3, 0.4) is 0 Å². The Morgan fingerprint density at radius 3 is 3.09 bits per heavy atom. The van der Waals surface area contributed by atoms with Gasteiger partial charge >= 0.3 is 6.16 Å². The highest BCUT2D eigenvalue weighted by atomic mass is 19.1. The highest BCUT2D eigenvalue weighted by Crippen LogP contribution is 2.34. The Bertz CT molecular complexity index is 1280. The van der Waals surface area contributed by atoms with E-state index in [1.165, 1.54) is 0 Å². The van der Waals surface area contributed by atoms with Gasteiger partial charge in [-0.3, -0.25) is 4.79 Å². The molecule has 0 unspecified atom stereocenters. The van der Waals surface area contributed by atoms with Crippen LogP contribution >= 0.6 is 0 Å². The normalized spacial score (nSPS) is 19.6. The number of carbonyl (C=O) groups is 2. The van der Waals surface area contributed by atoms with Crippen LogP contribution in [0.1, 0.15) is 29.3 Å². The van der Waals surface area contributed by atoms with Crippen molar-refractivity contribution in [2.75, 3.05) is 25.1 Å². The molecule has 2 aliphatic rings. The Balaban J connectivity index is 1.54. The molecule has 1 amide bonds. The van der Waals surface area contributed by atoms with Crippen molar-refractivity contribution >= 4 is 23.4 Å². The third-order valence-corrected chi connectivity index (χ3v) is 5.92. The molecule has 178 valence electrons. The summed E-state index contributed by atoms with van der Waals surface area (Å²) < 4.78 is 32.4. The number of nitrogens with two attached hydrogens (primary N) is 1. The Morgan fingerprint density at radius 2 is 2.29 bits per heavy atom. The van der Waals surface area contributed by atoms with Gasteiger partial charge in [0.2, 0.25) is 0 Å². The van der Waals surface area contributed by atoms with E-state index in [-0.39, 0.29) is 48.1 Å². The van der Waals surface area contributed by atoms with Crippen molar-refractivity contribution < 1.29 is 28.2 Å². The highest BCUT2D eigenvalue weighted by molar-refractivity contribution is 6.04. The molecule has 2 aliphatic heterocycles. The van der Waals surface area contributed by atoms with Crippen LogP contribution in [0, 0.1) is 5.82 Å². The molecule has 0 aliphatic carbocycles. The van der Waals surface area contributed by atoms with E-state index in [0.29, 0.717) is 42.2 Å². The van der Waals surface area contributed by atoms with Crippen LogP contribution in [0.2, 0.25) is 0 Å². The maximum Gasteiger partial charge on any atom is 0.513 e. The Hall–Kier alpha value is -3.70. The van der Waals surface area contributed by atoms with Gasteiger partial charge in [0.05, 0.1) is 24.5 Å². The first-order valence-corrected chi connectivity index (χ1v) is 11.0. The quantitative estimate of drug-likeness (QED) is 0.486. The second kappa shape index (κ2) is 8.92. The van der Waals surface area contributed by atoms with Crippen LogP contribution in [0.4, 0.5) is 15.0 Å². The molecule has 3 aromatic heterocycles. The van der Waals surface area contributed by atoms with Crippen molar-refractivity contribution in [3.63, 3.8) is 0 Å². The fraction of sp³-hybridized carbons (Fsp3) is 0.348. The first kappa shape index (κ1) is 22.1. The molecule has 11 heteroatoms. The molecule has 3 aromatic rings. The van der Waals surface area contributed by atoms with E-state index < -0.39 is 12.0 Å². The minimum Gasteiger partial charge on any atom is -0.434 e. The summed E-state index contributed by atoms with van der Waals surface area (Å²) in [4.78, 5) is 28.7. The number of nitrogens with one attached hydrogen (secondary N) is 2. The van der Waals surface area contributed by atoms with Crippen molar-refractivity contribution in [1.29, 1.82) is 0 Å². The zero-order valence-electron chi connectivity index (χ0n) is 18.5. The molecule has 5 heterocycles. The number of pyridine rings is 2. The number of ether oxygens (including phenoxy) is 3. The molecular weight excluding hydrogens is 445 g/mol. The zero-order chi connectivity index (χ0) is 23.8. The highest BCUT2D eigenvalue weighted by Gasteiger charge is 2.32. The number of rotatable bonds is 5. The fourth-order valence-corrected chi connectivity index (χ4v) is 4.22. The number of anilines is 1. The van der Waals surface area contributed by atoms with Crippen LogP contribution in [-0.4, -0.2) is 53.4 Å². The molecule has 0 aromatic carbocycles. The Labute approximate surface area is 194 Å². The van der Waals surface area contributed by atoms with Crippen molar-refractivity contribution in [2.24, 2.45) is 5.73 Å². The number of nitrogens with zero attached hydrogens (tertiary/aromatic N) is 2. The van der Waals surface area contributed by atoms with Crippen molar-refractivity contribution in [3.8, 4) is 17.0 Å². The monoisotopic (exact) mass is 469 g/mol. The van der Waals surface area contributed by atoms with Crippen LogP contribution in [0.15, 0.2) is 30.6 Å². The molecule has 0 bridgehead atoms.